The number of nitrogens with zero attached hydrogens (tertiary/aromatic N) is 2. The highest BCUT2D eigenvalue weighted by Gasteiger charge is 1.90. The van der Waals surface area contributed by atoms with Crippen molar-refractivity contribution < 1.29 is 5.11 Å². The van der Waals surface area contributed by atoms with Crippen molar-refractivity contribution in [2.24, 2.45) is 0 Å². The van der Waals surface area contributed by atoms with Crippen molar-refractivity contribution in [2.45, 2.75) is 12.8 Å². The van der Waals surface area contributed by atoms with E-state index in [-0.39, 0.29) is 6.61 Å². The molecule has 3 nitrogen and oxygen atoms in total. The Labute approximate surface area is 150 Å². The normalized spacial score (nSPS) is 8.52. The molecule has 0 aromatic heterocycles. The van der Waals surface area contributed by atoms with Gasteiger partial charge in [-0.2, -0.15) is 10.5 Å². The summed E-state index contributed by atoms with van der Waals surface area (Å²) in [6.45, 7) is -0.125. The molecule has 0 amide bonds. The van der Waals surface area contributed by atoms with Crippen molar-refractivity contribution in [1.82, 2.24) is 0 Å². The van der Waals surface area contributed by atoms with E-state index in [0.29, 0.717) is 12.8 Å². The molecule has 0 radical (unpaired) electrons. The number of nitriles is 2. The van der Waals surface area contributed by atoms with Crippen molar-refractivity contribution >= 4 is 22.6 Å². The molecule has 4 heteroatoms. The van der Waals surface area contributed by atoms with Crippen LogP contribution < -0.4 is 0 Å². The fourth-order valence-electron chi connectivity index (χ4n) is 1.63. The number of benzene rings is 2. The van der Waals surface area contributed by atoms with Gasteiger partial charge >= 0.3 is 0 Å². The Morgan fingerprint density at radius 3 is 1.74 bits per heavy atom. The van der Waals surface area contributed by atoms with E-state index in [1.54, 1.807) is 0 Å². The van der Waals surface area contributed by atoms with Gasteiger partial charge in [-0.1, -0.05) is 36.1 Å². The molecule has 0 fully saturated rings. The largest absolute Gasteiger partial charge is 0.384 e. The van der Waals surface area contributed by atoms with E-state index in [1.165, 1.54) is 3.57 Å². The molecule has 1 N–H and O–H groups in total. The molecule has 0 aliphatic rings. The van der Waals surface area contributed by atoms with E-state index in [0.717, 1.165) is 16.7 Å². The van der Waals surface area contributed by atoms with Crippen LogP contribution in [0.1, 0.15) is 16.7 Å². The molecule has 0 saturated heterocycles. The Morgan fingerprint density at radius 2 is 1.30 bits per heavy atom. The van der Waals surface area contributed by atoms with Crippen LogP contribution in [0, 0.1) is 38.1 Å². The zero-order valence-electron chi connectivity index (χ0n) is 12.5. The highest BCUT2D eigenvalue weighted by Crippen LogP contribution is 2.06. The van der Waals surface area contributed by atoms with Crippen molar-refractivity contribution in [2.75, 3.05) is 6.61 Å². The molecule has 0 bridgehead atoms. The summed E-state index contributed by atoms with van der Waals surface area (Å²) in [4.78, 5) is 0. The predicted molar refractivity (Wildman–Crippen MR) is 98.2 cm³/mol. The lowest BCUT2D eigenvalue weighted by molar-refractivity contribution is 0.350. The number of aliphatic hydroxyl groups excluding tert-OH is 1. The molecule has 23 heavy (non-hydrogen) atoms. The summed E-state index contributed by atoms with van der Waals surface area (Å²) >= 11 is 2.24. The number of aliphatic hydroxyl groups is 1. The summed E-state index contributed by atoms with van der Waals surface area (Å²) < 4.78 is 1.21. The number of hydrogen-bond acceptors (Lipinski definition) is 3. The molecule has 0 atom stereocenters. The lowest BCUT2D eigenvalue weighted by Gasteiger charge is -1.93. The molecule has 0 spiro atoms. The van der Waals surface area contributed by atoms with Gasteiger partial charge in [-0.05, 0) is 58.0 Å². The summed E-state index contributed by atoms with van der Waals surface area (Å²) in [5.41, 5.74) is 2.93. The fourth-order valence-corrected chi connectivity index (χ4v) is 1.99. The standard InChI is InChI=1S/C11H9NO.C8H6IN/c12-8-7-11-5-3-10(4-6-11)2-1-9-13;9-8-3-1-7(2-4-8)5-6-10/h3-6,13H,7,9H2;1-4H,5H2. The van der Waals surface area contributed by atoms with Crippen molar-refractivity contribution in [3.63, 3.8) is 0 Å². The fraction of sp³-hybridized carbons (Fsp3) is 0.158. The average Bonchev–Trinajstić information content (AvgIpc) is 2.57. The molecular formula is C19H15IN2O. The van der Waals surface area contributed by atoms with Gasteiger partial charge in [0.2, 0.25) is 0 Å². The Kier molecular flexibility index (Phi) is 9.17. The smallest absolute Gasteiger partial charge is 0.104 e. The molecule has 0 heterocycles. The summed E-state index contributed by atoms with van der Waals surface area (Å²) in [6, 6.07) is 19.6. The van der Waals surface area contributed by atoms with Gasteiger partial charge in [-0.25, -0.2) is 0 Å². The Balaban J connectivity index is 0.000000238. The summed E-state index contributed by atoms with van der Waals surface area (Å²) in [6.07, 6.45) is 0.935. The average molecular weight is 414 g/mol. The van der Waals surface area contributed by atoms with Gasteiger partial charge in [-0.15, -0.1) is 0 Å². The maximum absolute atomic E-state index is 8.45. The highest BCUT2D eigenvalue weighted by atomic mass is 127. The minimum atomic E-state index is -0.125. The van der Waals surface area contributed by atoms with E-state index in [1.807, 2.05) is 48.5 Å². The second-order valence-electron chi connectivity index (χ2n) is 4.45. The Bertz CT molecular complexity index is 742. The van der Waals surface area contributed by atoms with Crippen LogP contribution in [-0.4, -0.2) is 11.7 Å². The van der Waals surface area contributed by atoms with Gasteiger partial charge in [0.05, 0.1) is 25.0 Å². The number of rotatable bonds is 2. The molecule has 114 valence electrons. The molecule has 2 rings (SSSR count). The lowest BCUT2D eigenvalue weighted by atomic mass is 10.1. The van der Waals surface area contributed by atoms with Crippen LogP contribution in [0.4, 0.5) is 0 Å². The van der Waals surface area contributed by atoms with Crippen LogP contribution >= 0.6 is 22.6 Å². The van der Waals surface area contributed by atoms with Gasteiger partial charge < -0.3 is 5.11 Å². The topological polar surface area (TPSA) is 67.8 Å². The second-order valence-corrected chi connectivity index (χ2v) is 5.70. The SMILES string of the molecule is N#CCc1ccc(C#CCO)cc1.N#CCc1ccc(I)cc1. The third kappa shape index (κ3) is 8.02. The van der Waals surface area contributed by atoms with E-state index in [4.69, 9.17) is 15.6 Å². The van der Waals surface area contributed by atoms with E-state index < -0.39 is 0 Å². The first kappa shape index (κ1) is 18.7. The third-order valence-corrected chi connectivity index (χ3v) is 3.46. The first-order chi connectivity index (χ1) is 11.2. The monoisotopic (exact) mass is 414 g/mol. The quantitative estimate of drug-likeness (QED) is 0.605. The molecule has 0 unspecified atom stereocenters. The third-order valence-electron chi connectivity index (χ3n) is 2.75. The van der Waals surface area contributed by atoms with E-state index >= 15 is 0 Å². The number of hydrogen-bond donors (Lipinski definition) is 1. The predicted octanol–water partition coefficient (Wildman–Crippen LogP) is 3.45. The Morgan fingerprint density at radius 1 is 0.826 bits per heavy atom. The van der Waals surface area contributed by atoms with E-state index in [2.05, 4.69) is 46.6 Å². The lowest BCUT2D eigenvalue weighted by Crippen LogP contribution is -1.82. The maximum Gasteiger partial charge on any atom is 0.104 e. The summed E-state index contributed by atoms with van der Waals surface area (Å²) in [5, 5.41) is 25.2. The van der Waals surface area contributed by atoms with Crippen molar-refractivity contribution in [1.29, 1.82) is 10.5 Å². The molecule has 0 saturated carbocycles. The summed E-state index contributed by atoms with van der Waals surface area (Å²) in [5.74, 6) is 5.34. The molecule has 0 aliphatic carbocycles. The van der Waals surface area contributed by atoms with E-state index in [9.17, 15) is 0 Å². The summed E-state index contributed by atoms with van der Waals surface area (Å²) in [7, 11) is 0. The van der Waals surface area contributed by atoms with Crippen molar-refractivity contribution in [3.8, 4) is 24.0 Å². The minimum absolute atomic E-state index is 0.125. The number of halogens is 1. The van der Waals surface area contributed by atoms with Gasteiger partial charge in [-0.3, -0.25) is 0 Å². The molecule has 2 aromatic rings. The van der Waals surface area contributed by atoms with Crippen LogP contribution in [0.3, 0.4) is 0 Å². The van der Waals surface area contributed by atoms with Crippen LogP contribution in [0.2, 0.25) is 0 Å². The molecule has 0 aliphatic heterocycles. The van der Waals surface area contributed by atoms with Crippen LogP contribution in [-0.2, 0) is 12.8 Å². The van der Waals surface area contributed by atoms with Gasteiger partial charge in [0.15, 0.2) is 0 Å². The zero-order chi connectivity index (χ0) is 16.9. The zero-order valence-corrected chi connectivity index (χ0v) is 14.6. The second kappa shape index (κ2) is 11.3. The van der Waals surface area contributed by atoms with Gasteiger partial charge in [0.1, 0.15) is 6.61 Å². The minimum Gasteiger partial charge on any atom is -0.384 e. The van der Waals surface area contributed by atoms with Crippen LogP contribution in [0.25, 0.3) is 0 Å². The van der Waals surface area contributed by atoms with Crippen molar-refractivity contribution in [3.05, 3.63) is 68.8 Å². The van der Waals surface area contributed by atoms with Crippen LogP contribution in [0.15, 0.2) is 48.5 Å². The van der Waals surface area contributed by atoms with Gasteiger partial charge in [0.25, 0.3) is 0 Å². The Hall–Kier alpha value is -2.33. The van der Waals surface area contributed by atoms with Gasteiger partial charge in [0, 0.05) is 9.13 Å². The van der Waals surface area contributed by atoms with Crippen LogP contribution in [0.5, 0.6) is 0 Å². The highest BCUT2D eigenvalue weighted by molar-refractivity contribution is 14.1. The maximum atomic E-state index is 8.45. The first-order valence-electron chi connectivity index (χ1n) is 6.86. The molecular weight excluding hydrogens is 399 g/mol. The first-order valence-corrected chi connectivity index (χ1v) is 7.94. The molecule has 2 aromatic carbocycles.